The molecular weight excluding hydrogens is 224 g/mol. The number of hydrogen-bond donors (Lipinski definition) is 2. The highest BCUT2D eigenvalue weighted by molar-refractivity contribution is 5.34. The van der Waals surface area contributed by atoms with E-state index >= 15 is 0 Å². The topological polar surface area (TPSA) is 40.5 Å². The molecule has 2 heteroatoms. The Morgan fingerprint density at radius 1 is 0.889 bits per heavy atom. The van der Waals surface area contributed by atoms with Crippen LogP contribution in [0.3, 0.4) is 0 Å². The number of benzene rings is 1. The van der Waals surface area contributed by atoms with Crippen LogP contribution in [0.25, 0.3) is 0 Å². The van der Waals surface area contributed by atoms with Gasteiger partial charge in [0.25, 0.3) is 0 Å². The molecule has 1 aromatic carbocycles. The average Bonchev–Trinajstić information content (AvgIpc) is 2.57. The first-order valence-corrected chi connectivity index (χ1v) is 7.21. The molecule has 0 amide bonds. The van der Waals surface area contributed by atoms with Crippen molar-refractivity contribution in [1.29, 1.82) is 0 Å². The minimum atomic E-state index is -0.376. The maximum Gasteiger partial charge on any atom is 0.0827 e. The van der Waals surface area contributed by atoms with Crippen molar-refractivity contribution in [2.24, 2.45) is 11.8 Å². The van der Waals surface area contributed by atoms with Gasteiger partial charge >= 0.3 is 0 Å². The van der Waals surface area contributed by atoms with Gasteiger partial charge in [0, 0.05) is 0 Å². The maximum absolute atomic E-state index is 10.5. The van der Waals surface area contributed by atoms with Gasteiger partial charge in [-0.15, -0.1) is 0 Å². The van der Waals surface area contributed by atoms with Crippen LogP contribution in [0, 0.1) is 11.8 Å². The first-order valence-electron chi connectivity index (χ1n) is 7.21. The molecule has 0 aliphatic heterocycles. The fourth-order valence-corrected chi connectivity index (χ4v) is 3.81. The minimum Gasteiger partial charge on any atom is -0.393 e. The lowest BCUT2D eigenvalue weighted by Crippen LogP contribution is -2.29. The quantitative estimate of drug-likeness (QED) is 0.748. The molecule has 98 valence electrons. The molecule has 1 aromatic rings. The van der Waals surface area contributed by atoms with Crippen molar-refractivity contribution in [1.82, 2.24) is 0 Å². The Kier molecular flexibility index (Phi) is 3.40. The second kappa shape index (κ2) is 5.02. The van der Waals surface area contributed by atoms with Gasteiger partial charge in [-0.2, -0.15) is 0 Å². The smallest absolute Gasteiger partial charge is 0.0827 e. The third-order valence-electron chi connectivity index (χ3n) is 4.82. The molecule has 0 bridgehead atoms. The van der Waals surface area contributed by atoms with E-state index in [1.54, 1.807) is 0 Å². The summed E-state index contributed by atoms with van der Waals surface area (Å²) >= 11 is 0. The van der Waals surface area contributed by atoms with Gasteiger partial charge in [0.05, 0.1) is 12.2 Å². The summed E-state index contributed by atoms with van der Waals surface area (Å²) in [6, 6.07) is 8.18. The number of fused-ring (bicyclic) bond motifs is 1. The van der Waals surface area contributed by atoms with Crippen molar-refractivity contribution < 1.29 is 10.2 Å². The summed E-state index contributed by atoms with van der Waals surface area (Å²) in [4.78, 5) is 0. The molecule has 18 heavy (non-hydrogen) atoms. The predicted molar refractivity (Wildman–Crippen MR) is 71.2 cm³/mol. The molecule has 1 saturated carbocycles. The third-order valence-corrected chi connectivity index (χ3v) is 4.82. The normalized spacial score (nSPS) is 36.1. The van der Waals surface area contributed by atoms with Gasteiger partial charge in [0.2, 0.25) is 0 Å². The number of rotatable bonds is 1. The fourth-order valence-electron chi connectivity index (χ4n) is 3.81. The van der Waals surface area contributed by atoms with Gasteiger partial charge in [-0.25, -0.2) is 0 Å². The average molecular weight is 246 g/mol. The number of aliphatic hydroxyl groups excluding tert-OH is 2. The van der Waals surface area contributed by atoms with Crippen molar-refractivity contribution in [3.05, 3.63) is 35.4 Å². The molecule has 1 fully saturated rings. The van der Waals surface area contributed by atoms with Gasteiger partial charge < -0.3 is 10.2 Å². The van der Waals surface area contributed by atoms with Gasteiger partial charge in [-0.3, -0.25) is 0 Å². The van der Waals surface area contributed by atoms with Crippen molar-refractivity contribution in [3.8, 4) is 0 Å². The van der Waals surface area contributed by atoms with Crippen LogP contribution in [0.2, 0.25) is 0 Å². The second-order valence-electron chi connectivity index (χ2n) is 5.88. The maximum atomic E-state index is 10.5. The molecule has 2 aliphatic carbocycles. The van der Waals surface area contributed by atoms with Crippen molar-refractivity contribution in [2.45, 2.75) is 50.7 Å². The highest BCUT2D eigenvalue weighted by Gasteiger charge is 2.39. The Hall–Kier alpha value is -0.860. The van der Waals surface area contributed by atoms with E-state index in [2.05, 4.69) is 6.07 Å². The second-order valence-corrected chi connectivity index (χ2v) is 5.88. The molecule has 2 N–H and O–H groups in total. The lowest BCUT2D eigenvalue weighted by Gasteiger charge is -2.29. The van der Waals surface area contributed by atoms with Crippen molar-refractivity contribution in [3.63, 3.8) is 0 Å². The molecule has 2 nitrogen and oxygen atoms in total. The van der Waals surface area contributed by atoms with Crippen LogP contribution in [0.1, 0.15) is 49.3 Å². The van der Waals surface area contributed by atoms with Gasteiger partial charge in [-0.1, -0.05) is 43.5 Å². The highest BCUT2D eigenvalue weighted by atomic mass is 16.3. The summed E-state index contributed by atoms with van der Waals surface area (Å²) in [7, 11) is 0. The highest BCUT2D eigenvalue weighted by Crippen LogP contribution is 2.44. The largest absolute Gasteiger partial charge is 0.393 e. The Labute approximate surface area is 109 Å². The van der Waals surface area contributed by atoms with Crippen LogP contribution in [0.4, 0.5) is 0 Å². The summed E-state index contributed by atoms with van der Waals surface area (Å²) < 4.78 is 0. The number of hydrogen-bond acceptors (Lipinski definition) is 2. The SMILES string of the molecule is OC1CCCCCC1C1Cc2ccccc2C1O. The molecule has 0 spiro atoms. The van der Waals surface area contributed by atoms with Gasteiger partial charge in [-0.05, 0) is 42.2 Å². The first-order chi connectivity index (χ1) is 8.77. The third kappa shape index (κ3) is 2.08. The lowest BCUT2D eigenvalue weighted by molar-refractivity contribution is 0.0114. The Morgan fingerprint density at radius 3 is 2.50 bits per heavy atom. The molecule has 4 atom stereocenters. The van der Waals surface area contributed by atoms with Crippen LogP contribution in [0.15, 0.2) is 24.3 Å². The standard InChI is InChI=1S/C16H22O2/c17-15-9-3-1-2-8-13(15)14-10-11-6-4-5-7-12(11)16(14)18/h4-7,13-18H,1-3,8-10H2. The summed E-state index contributed by atoms with van der Waals surface area (Å²) in [5, 5.41) is 20.8. The van der Waals surface area contributed by atoms with Crippen molar-refractivity contribution in [2.75, 3.05) is 0 Å². The summed E-state index contributed by atoms with van der Waals surface area (Å²) in [5.74, 6) is 0.491. The monoisotopic (exact) mass is 246 g/mol. The van der Waals surface area contributed by atoms with Crippen LogP contribution in [0.5, 0.6) is 0 Å². The molecule has 2 aliphatic rings. The van der Waals surface area contributed by atoms with E-state index in [9.17, 15) is 10.2 Å². The molecule has 3 rings (SSSR count). The molecule has 0 saturated heterocycles. The fraction of sp³-hybridized carbons (Fsp3) is 0.625. The van der Waals surface area contributed by atoms with E-state index in [-0.39, 0.29) is 24.0 Å². The molecule has 0 radical (unpaired) electrons. The number of aliphatic hydroxyl groups is 2. The molecule has 4 unspecified atom stereocenters. The zero-order valence-electron chi connectivity index (χ0n) is 10.8. The van der Waals surface area contributed by atoms with E-state index in [0.29, 0.717) is 0 Å². The van der Waals surface area contributed by atoms with E-state index in [1.165, 1.54) is 18.4 Å². The summed E-state index contributed by atoms with van der Waals surface area (Å²) in [5.41, 5.74) is 2.35. The van der Waals surface area contributed by atoms with E-state index in [4.69, 9.17) is 0 Å². The van der Waals surface area contributed by atoms with E-state index in [1.807, 2.05) is 18.2 Å². The summed E-state index contributed by atoms with van der Waals surface area (Å²) in [6.45, 7) is 0. The predicted octanol–water partition coefficient (Wildman–Crippen LogP) is 2.83. The van der Waals surface area contributed by atoms with Crippen LogP contribution in [-0.4, -0.2) is 16.3 Å². The van der Waals surface area contributed by atoms with Crippen LogP contribution >= 0.6 is 0 Å². The Balaban J connectivity index is 1.82. The van der Waals surface area contributed by atoms with E-state index < -0.39 is 0 Å². The Bertz CT molecular complexity index is 415. The summed E-state index contributed by atoms with van der Waals surface area (Å²) in [6.07, 6.45) is 5.86. The molecule has 0 heterocycles. The van der Waals surface area contributed by atoms with Crippen LogP contribution in [-0.2, 0) is 6.42 Å². The zero-order chi connectivity index (χ0) is 12.5. The lowest BCUT2D eigenvalue weighted by atomic mass is 9.81. The Morgan fingerprint density at radius 2 is 1.67 bits per heavy atom. The van der Waals surface area contributed by atoms with Crippen molar-refractivity contribution >= 4 is 0 Å². The molecular formula is C16H22O2. The first kappa shape index (κ1) is 12.2. The van der Waals surface area contributed by atoms with Crippen LogP contribution < -0.4 is 0 Å². The van der Waals surface area contributed by atoms with E-state index in [0.717, 1.165) is 31.2 Å². The molecule has 0 aromatic heterocycles. The zero-order valence-corrected chi connectivity index (χ0v) is 10.8. The van der Waals surface area contributed by atoms with Gasteiger partial charge in [0.1, 0.15) is 0 Å². The van der Waals surface area contributed by atoms with Gasteiger partial charge in [0.15, 0.2) is 0 Å². The minimum absolute atomic E-state index is 0.218.